The molecule has 1 rings (SSSR count). The third kappa shape index (κ3) is 7.14. The molecule has 0 heterocycles. The first kappa shape index (κ1) is 17.5. The van der Waals surface area contributed by atoms with Gasteiger partial charge in [0.05, 0.1) is 0 Å². The van der Waals surface area contributed by atoms with Crippen LogP contribution >= 0.6 is 11.6 Å². The van der Waals surface area contributed by atoms with Gasteiger partial charge < -0.3 is 10.4 Å². The second-order valence-electron chi connectivity index (χ2n) is 5.13. The van der Waals surface area contributed by atoms with Crippen molar-refractivity contribution >= 4 is 23.5 Å². The molecular weight excluding hydrogens is 290 g/mol. The van der Waals surface area contributed by atoms with Crippen LogP contribution in [-0.4, -0.2) is 23.5 Å². The number of hydrogen-bond donors (Lipinski definition) is 2. The number of nitrogens with one attached hydrogen (secondary N) is 1. The minimum atomic E-state index is -0.737. The Hall–Kier alpha value is -1.55. The topological polar surface area (TPSA) is 66.4 Å². The van der Waals surface area contributed by atoms with E-state index in [9.17, 15) is 9.59 Å². The number of hydrogen-bond acceptors (Lipinski definition) is 2. The largest absolute Gasteiger partial charge is 0.481 e. The fraction of sp³-hybridized carbons (Fsp3) is 0.500. The standard InChI is InChI=1S/C16H22ClNO3/c1-12-8-9-13(17)11-14(12)16(21)18-10-6-4-2-3-5-7-15(19)20/h8-9,11H,2-7,10H2,1H3,(H,18,21)(H,19,20). The maximum absolute atomic E-state index is 12.0. The maximum Gasteiger partial charge on any atom is 0.303 e. The summed E-state index contributed by atoms with van der Waals surface area (Å²) in [5.74, 6) is -0.833. The van der Waals surface area contributed by atoms with E-state index in [-0.39, 0.29) is 12.3 Å². The van der Waals surface area contributed by atoms with Crippen molar-refractivity contribution < 1.29 is 14.7 Å². The lowest BCUT2D eigenvalue weighted by molar-refractivity contribution is -0.137. The molecule has 2 N–H and O–H groups in total. The first-order chi connectivity index (χ1) is 10.0. The number of carboxylic acid groups (broad SMARTS) is 1. The predicted molar refractivity (Wildman–Crippen MR) is 83.9 cm³/mol. The first-order valence-corrected chi connectivity index (χ1v) is 7.64. The van der Waals surface area contributed by atoms with Gasteiger partial charge >= 0.3 is 5.97 Å². The van der Waals surface area contributed by atoms with E-state index in [2.05, 4.69) is 5.32 Å². The first-order valence-electron chi connectivity index (χ1n) is 7.27. The molecule has 0 radical (unpaired) electrons. The van der Waals surface area contributed by atoms with E-state index < -0.39 is 5.97 Å². The molecule has 0 fully saturated rings. The van der Waals surface area contributed by atoms with E-state index in [0.29, 0.717) is 17.1 Å². The number of carbonyl (C=O) groups excluding carboxylic acids is 1. The summed E-state index contributed by atoms with van der Waals surface area (Å²) in [5, 5.41) is 12.0. The molecule has 0 unspecified atom stereocenters. The van der Waals surface area contributed by atoms with Crippen LogP contribution < -0.4 is 5.32 Å². The summed E-state index contributed by atoms with van der Waals surface area (Å²) in [6.45, 7) is 2.51. The molecular formula is C16H22ClNO3. The molecule has 1 aromatic carbocycles. The zero-order valence-electron chi connectivity index (χ0n) is 12.3. The van der Waals surface area contributed by atoms with Gasteiger partial charge in [0.2, 0.25) is 0 Å². The Kier molecular flexibility index (Phi) is 7.83. The van der Waals surface area contributed by atoms with Gasteiger partial charge in [-0.1, -0.05) is 36.9 Å². The van der Waals surface area contributed by atoms with E-state index in [1.54, 1.807) is 12.1 Å². The molecule has 0 saturated heterocycles. The van der Waals surface area contributed by atoms with Crippen molar-refractivity contribution in [3.05, 3.63) is 34.3 Å². The predicted octanol–water partition coefficient (Wildman–Crippen LogP) is 3.80. The fourth-order valence-electron chi connectivity index (χ4n) is 2.07. The average Bonchev–Trinajstić information content (AvgIpc) is 2.43. The number of carboxylic acids is 1. The average molecular weight is 312 g/mol. The van der Waals surface area contributed by atoms with E-state index in [0.717, 1.165) is 37.7 Å². The second-order valence-corrected chi connectivity index (χ2v) is 5.56. The molecule has 0 spiro atoms. The molecule has 4 nitrogen and oxygen atoms in total. The lowest BCUT2D eigenvalue weighted by atomic mass is 10.1. The SMILES string of the molecule is Cc1ccc(Cl)cc1C(=O)NCCCCCCCC(=O)O. The van der Waals surface area contributed by atoms with Crippen LogP contribution in [0.5, 0.6) is 0 Å². The van der Waals surface area contributed by atoms with Gasteiger partial charge in [-0.25, -0.2) is 0 Å². The van der Waals surface area contributed by atoms with Crippen LogP contribution in [0.1, 0.15) is 54.4 Å². The third-order valence-electron chi connectivity index (χ3n) is 3.30. The third-order valence-corrected chi connectivity index (χ3v) is 3.53. The van der Waals surface area contributed by atoms with Gasteiger partial charge in [0.15, 0.2) is 0 Å². The van der Waals surface area contributed by atoms with E-state index >= 15 is 0 Å². The van der Waals surface area contributed by atoms with Gasteiger partial charge in [-0.2, -0.15) is 0 Å². The summed E-state index contributed by atoms with van der Waals surface area (Å²) < 4.78 is 0. The van der Waals surface area contributed by atoms with Crippen LogP contribution in [0.25, 0.3) is 0 Å². The van der Waals surface area contributed by atoms with Crippen LogP contribution in [0, 0.1) is 6.92 Å². The zero-order chi connectivity index (χ0) is 15.7. The Labute approximate surface area is 130 Å². The molecule has 1 aromatic rings. The molecule has 116 valence electrons. The summed E-state index contributed by atoms with van der Waals surface area (Å²) in [6, 6.07) is 5.28. The molecule has 0 aromatic heterocycles. The number of rotatable bonds is 9. The number of halogens is 1. The minimum absolute atomic E-state index is 0.0964. The zero-order valence-corrected chi connectivity index (χ0v) is 13.1. The summed E-state index contributed by atoms with van der Waals surface area (Å²) in [7, 11) is 0. The van der Waals surface area contributed by atoms with Gasteiger partial charge in [0, 0.05) is 23.6 Å². The van der Waals surface area contributed by atoms with E-state index in [1.165, 1.54) is 0 Å². The summed E-state index contributed by atoms with van der Waals surface area (Å²) in [6.07, 6.45) is 4.79. The molecule has 1 amide bonds. The molecule has 0 aliphatic heterocycles. The van der Waals surface area contributed by atoms with Gasteiger partial charge in [0.25, 0.3) is 5.91 Å². The Morgan fingerprint density at radius 1 is 1.14 bits per heavy atom. The van der Waals surface area contributed by atoms with Gasteiger partial charge in [-0.05, 0) is 37.5 Å². The minimum Gasteiger partial charge on any atom is -0.481 e. The van der Waals surface area contributed by atoms with Gasteiger partial charge in [0.1, 0.15) is 0 Å². The smallest absolute Gasteiger partial charge is 0.303 e. The van der Waals surface area contributed by atoms with Crippen LogP contribution in [0.3, 0.4) is 0 Å². The number of benzene rings is 1. The van der Waals surface area contributed by atoms with Crippen molar-refractivity contribution in [2.45, 2.75) is 45.4 Å². The molecule has 0 saturated carbocycles. The van der Waals surface area contributed by atoms with Crippen LogP contribution in [0.2, 0.25) is 5.02 Å². The summed E-state index contributed by atoms with van der Waals surface area (Å²) in [4.78, 5) is 22.3. The fourth-order valence-corrected chi connectivity index (χ4v) is 2.24. The Morgan fingerprint density at radius 2 is 1.81 bits per heavy atom. The van der Waals surface area contributed by atoms with Crippen molar-refractivity contribution in [2.24, 2.45) is 0 Å². The number of amides is 1. The Bertz CT molecular complexity index is 488. The lowest BCUT2D eigenvalue weighted by Crippen LogP contribution is -2.25. The second kappa shape index (κ2) is 9.40. The van der Waals surface area contributed by atoms with Crippen molar-refractivity contribution in [2.75, 3.05) is 6.54 Å². The Morgan fingerprint density at radius 3 is 2.52 bits per heavy atom. The molecule has 0 aliphatic carbocycles. The molecule has 21 heavy (non-hydrogen) atoms. The van der Waals surface area contributed by atoms with Gasteiger partial charge in [-0.3, -0.25) is 9.59 Å². The molecule has 5 heteroatoms. The number of carbonyl (C=O) groups is 2. The molecule has 0 atom stereocenters. The molecule has 0 bridgehead atoms. The highest BCUT2D eigenvalue weighted by molar-refractivity contribution is 6.31. The number of aryl methyl sites for hydroxylation is 1. The van der Waals surface area contributed by atoms with Crippen molar-refractivity contribution in [1.82, 2.24) is 5.32 Å². The van der Waals surface area contributed by atoms with Crippen molar-refractivity contribution in [1.29, 1.82) is 0 Å². The monoisotopic (exact) mass is 311 g/mol. The van der Waals surface area contributed by atoms with Crippen LogP contribution in [-0.2, 0) is 4.79 Å². The van der Waals surface area contributed by atoms with Crippen LogP contribution in [0.4, 0.5) is 0 Å². The van der Waals surface area contributed by atoms with Gasteiger partial charge in [-0.15, -0.1) is 0 Å². The highest BCUT2D eigenvalue weighted by Crippen LogP contribution is 2.15. The number of unbranched alkanes of at least 4 members (excludes halogenated alkanes) is 4. The van der Waals surface area contributed by atoms with Crippen molar-refractivity contribution in [3.8, 4) is 0 Å². The Balaban J connectivity index is 2.16. The maximum atomic E-state index is 12.0. The van der Waals surface area contributed by atoms with E-state index in [1.807, 2.05) is 13.0 Å². The summed E-state index contributed by atoms with van der Waals surface area (Å²) >= 11 is 5.89. The highest BCUT2D eigenvalue weighted by atomic mass is 35.5. The lowest BCUT2D eigenvalue weighted by Gasteiger charge is -2.08. The summed E-state index contributed by atoms with van der Waals surface area (Å²) in [5.41, 5.74) is 1.52. The van der Waals surface area contributed by atoms with E-state index in [4.69, 9.17) is 16.7 Å². The quantitative estimate of drug-likeness (QED) is 0.682. The van der Waals surface area contributed by atoms with Crippen LogP contribution in [0.15, 0.2) is 18.2 Å². The van der Waals surface area contributed by atoms with Crippen molar-refractivity contribution in [3.63, 3.8) is 0 Å². The molecule has 0 aliphatic rings. The highest BCUT2D eigenvalue weighted by Gasteiger charge is 2.08. The normalized spacial score (nSPS) is 10.4. The number of aliphatic carboxylic acids is 1.